The molecule has 0 saturated heterocycles. The lowest BCUT2D eigenvalue weighted by Crippen LogP contribution is -2.53. The quantitative estimate of drug-likeness (QED) is 0.169. The van der Waals surface area contributed by atoms with Crippen molar-refractivity contribution in [3.8, 4) is 0 Å². The largest absolute Gasteiger partial charge is 0.357 e. The molecule has 0 aliphatic carbocycles. The molecular weight excluding hydrogens is 636 g/mol. The molecule has 0 bridgehead atoms. The number of carbonyl (C=O) groups excluding carboxylic acids is 2. The number of hydrogen-bond donors (Lipinski definition) is 1. The number of benzene rings is 4. The SMILES string of the molecule is CNC(=O)[C@H](Cc1ccccc1)N(Cc1cccc(Br)c1)C(=O)CN(c1ccc([N+](=O)[O-])cc1)S(=O)(=O)c1ccccc1. The van der Waals surface area contributed by atoms with E-state index in [1.165, 1.54) is 48.3 Å². The van der Waals surface area contributed by atoms with Gasteiger partial charge in [-0.15, -0.1) is 0 Å². The molecule has 0 fully saturated rings. The zero-order valence-corrected chi connectivity index (χ0v) is 25.6. The summed E-state index contributed by atoms with van der Waals surface area (Å²) in [5, 5.41) is 13.9. The topological polar surface area (TPSA) is 130 Å². The van der Waals surface area contributed by atoms with Gasteiger partial charge in [-0.05, 0) is 47.5 Å². The van der Waals surface area contributed by atoms with Crippen LogP contribution in [0, 0.1) is 10.1 Å². The van der Waals surface area contributed by atoms with Gasteiger partial charge in [-0.25, -0.2) is 8.42 Å². The van der Waals surface area contributed by atoms with E-state index in [2.05, 4.69) is 21.2 Å². The molecule has 222 valence electrons. The van der Waals surface area contributed by atoms with Crippen LogP contribution in [0.4, 0.5) is 11.4 Å². The summed E-state index contributed by atoms with van der Waals surface area (Å²) in [4.78, 5) is 39.5. The van der Waals surface area contributed by atoms with Crippen LogP contribution in [0.15, 0.2) is 119 Å². The number of carbonyl (C=O) groups is 2. The van der Waals surface area contributed by atoms with Crippen molar-refractivity contribution in [1.82, 2.24) is 10.2 Å². The molecule has 4 rings (SSSR count). The Kier molecular flexibility index (Phi) is 10.3. The predicted molar refractivity (Wildman–Crippen MR) is 167 cm³/mol. The highest BCUT2D eigenvalue weighted by molar-refractivity contribution is 9.10. The summed E-state index contributed by atoms with van der Waals surface area (Å²) >= 11 is 3.44. The van der Waals surface area contributed by atoms with E-state index in [0.717, 1.165) is 19.9 Å². The van der Waals surface area contributed by atoms with Gasteiger partial charge < -0.3 is 10.2 Å². The molecule has 1 N–H and O–H groups in total. The summed E-state index contributed by atoms with van der Waals surface area (Å²) in [7, 11) is -2.82. The van der Waals surface area contributed by atoms with E-state index in [4.69, 9.17) is 0 Å². The van der Waals surface area contributed by atoms with Crippen LogP contribution in [0.3, 0.4) is 0 Å². The Labute approximate surface area is 258 Å². The third kappa shape index (κ3) is 7.85. The number of halogens is 1. The second-order valence-corrected chi connectivity index (χ2v) is 12.3. The van der Waals surface area contributed by atoms with Crippen molar-refractivity contribution in [2.75, 3.05) is 17.9 Å². The van der Waals surface area contributed by atoms with Gasteiger partial charge in [0.25, 0.3) is 15.7 Å². The lowest BCUT2D eigenvalue weighted by Gasteiger charge is -2.33. The van der Waals surface area contributed by atoms with Crippen molar-refractivity contribution in [3.63, 3.8) is 0 Å². The van der Waals surface area contributed by atoms with Gasteiger partial charge in [0.05, 0.1) is 15.5 Å². The molecule has 0 unspecified atom stereocenters. The molecule has 0 heterocycles. The van der Waals surface area contributed by atoms with E-state index >= 15 is 0 Å². The van der Waals surface area contributed by atoms with Gasteiger partial charge >= 0.3 is 0 Å². The minimum absolute atomic E-state index is 0.0165. The maximum atomic E-state index is 14.2. The molecule has 0 aliphatic rings. The van der Waals surface area contributed by atoms with Crippen LogP contribution in [-0.2, 0) is 32.6 Å². The average molecular weight is 666 g/mol. The van der Waals surface area contributed by atoms with Crippen LogP contribution >= 0.6 is 15.9 Å². The van der Waals surface area contributed by atoms with E-state index < -0.39 is 39.3 Å². The third-order valence-electron chi connectivity index (χ3n) is 6.72. The molecule has 0 radical (unpaired) electrons. The number of rotatable bonds is 12. The Hall–Kier alpha value is -4.55. The molecule has 1 atom stereocenters. The fourth-order valence-electron chi connectivity index (χ4n) is 4.54. The van der Waals surface area contributed by atoms with Crippen molar-refractivity contribution in [1.29, 1.82) is 0 Å². The summed E-state index contributed by atoms with van der Waals surface area (Å²) in [6.45, 7) is -0.645. The van der Waals surface area contributed by atoms with Gasteiger partial charge in [-0.2, -0.15) is 0 Å². The molecule has 12 heteroatoms. The third-order valence-corrected chi connectivity index (χ3v) is 9.00. The molecule has 4 aromatic rings. The Morgan fingerprint density at radius 1 is 0.884 bits per heavy atom. The molecule has 43 heavy (non-hydrogen) atoms. The lowest BCUT2D eigenvalue weighted by atomic mass is 10.0. The summed E-state index contributed by atoms with van der Waals surface area (Å²) in [6, 6.07) is 28.0. The Balaban J connectivity index is 1.79. The van der Waals surface area contributed by atoms with Crippen LogP contribution in [0.1, 0.15) is 11.1 Å². The number of nitro groups is 1. The minimum atomic E-state index is -4.30. The molecular formula is C31H29BrN4O6S. The highest BCUT2D eigenvalue weighted by atomic mass is 79.9. The number of amides is 2. The van der Waals surface area contributed by atoms with Crippen LogP contribution in [0.2, 0.25) is 0 Å². The van der Waals surface area contributed by atoms with Crippen LogP contribution in [0.25, 0.3) is 0 Å². The molecule has 2 amide bonds. The van der Waals surface area contributed by atoms with Gasteiger partial charge in [-0.1, -0.05) is 76.6 Å². The summed E-state index contributed by atoms with van der Waals surface area (Å²) in [6.07, 6.45) is 0.184. The summed E-state index contributed by atoms with van der Waals surface area (Å²) in [5.74, 6) is -1.05. The van der Waals surface area contributed by atoms with Crippen molar-refractivity contribution < 1.29 is 22.9 Å². The molecule has 0 aliphatic heterocycles. The molecule has 0 saturated carbocycles. The van der Waals surface area contributed by atoms with Gasteiger partial charge in [0.2, 0.25) is 11.8 Å². The Morgan fingerprint density at radius 3 is 2.07 bits per heavy atom. The first-order valence-electron chi connectivity index (χ1n) is 13.2. The maximum Gasteiger partial charge on any atom is 0.269 e. The number of anilines is 1. The van der Waals surface area contributed by atoms with E-state index in [-0.39, 0.29) is 29.2 Å². The Morgan fingerprint density at radius 2 is 1.49 bits per heavy atom. The summed E-state index contributed by atoms with van der Waals surface area (Å²) in [5.41, 5.74) is 1.36. The number of non-ortho nitro benzene ring substituents is 1. The first-order chi connectivity index (χ1) is 20.6. The van der Waals surface area contributed by atoms with Crippen molar-refractivity contribution in [3.05, 3.63) is 135 Å². The van der Waals surface area contributed by atoms with Crippen LogP contribution < -0.4 is 9.62 Å². The monoisotopic (exact) mass is 664 g/mol. The van der Waals surface area contributed by atoms with Crippen LogP contribution in [-0.4, -0.2) is 49.7 Å². The number of likely N-dealkylation sites (N-methyl/N-ethyl adjacent to an activating group) is 1. The predicted octanol–water partition coefficient (Wildman–Crippen LogP) is 4.94. The van der Waals surface area contributed by atoms with E-state index in [1.54, 1.807) is 24.3 Å². The number of nitrogens with one attached hydrogen (secondary N) is 1. The van der Waals surface area contributed by atoms with Crippen molar-refractivity contribution in [2.45, 2.75) is 23.9 Å². The highest BCUT2D eigenvalue weighted by Crippen LogP contribution is 2.27. The average Bonchev–Trinajstić information content (AvgIpc) is 3.02. The maximum absolute atomic E-state index is 14.2. The number of sulfonamides is 1. The van der Waals surface area contributed by atoms with Gasteiger partial charge in [0, 0.05) is 36.6 Å². The van der Waals surface area contributed by atoms with E-state index in [0.29, 0.717) is 0 Å². The summed E-state index contributed by atoms with van der Waals surface area (Å²) < 4.78 is 29.5. The molecule has 0 spiro atoms. The molecule has 10 nitrogen and oxygen atoms in total. The second-order valence-electron chi connectivity index (χ2n) is 9.57. The van der Waals surface area contributed by atoms with Crippen molar-refractivity contribution in [2.24, 2.45) is 0 Å². The normalized spacial score (nSPS) is 11.8. The number of nitrogens with zero attached hydrogens (tertiary/aromatic N) is 3. The lowest BCUT2D eigenvalue weighted by molar-refractivity contribution is -0.384. The standard InChI is InChI=1S/C31H29BrN4O6S/c1-33-31(38)29(20-23-9-4-2-5-10-23)34(21-24-11-8-12-25(32)19-24)30(37)22-35(26-15-17-27(18-16-26)36(39)40)43(41,42)28-13-6-3-7-14-28/h2-19,29H,20-22H2,1H3,(H,33,38)/t29-/m0/s1. The first kappa shape index (κ1) is 31.4. The molecule has 0 aromatic heterocycles. The zero-order chi connectivity index (χ0) is 31.0. The van der Waals surface area contributed by atoms with Crippen LogP contribution in [0.5, 0.6) is 0 Å². The van der Waals surface area contributed by atoms with Gasteiger partial charge in [0.1, 0.15) is 12.6 Å². The minimum Gasteiger partial charge on any atom is -0.357 e. The van der Waals surface area contributed by atoms with Gasteiger partial charge in [0.15, 0.2) is 0 Å². The number of nitro benzene ring substituents is 1. The van der Waals surface area contributed by atoms with Gasteiger partial charge in [-0.3, -0.25) is 24.0 Å². The first-order valence-corrected chi connectivity index (χ1v) is 15.4. The highest BCUT2D eigenvalue weighted by Gasteiger charge is 2.34. The smallest absolute Gasteiger partial charge is 0.269 e. The van der Waals surface area contributed by atoms with E-state index in [1.807, 2.05) is 48.5 Å². The zero-order valence-electron chi connectivity index (χ0n) is 23.2. The van der Waals surface area contributed by atoms with Crippen molar-refractivity contribution >= 4 is 49.1 Å². The Bertz CT molecular complexity index is 1690. The fourth-order valence-corrected chi connectivity index (χ4v) is 6.42. The van der Waals surface area contributed by atoms with E-state index in [9.17, 15) is 28.1 Å². The second kappa shape index (κ2) is 14.1. The fraction of sp³-hybridized carbons (Fsp3) is 0.161. The number of hydrogen-bond acceptors (Lipinski definition) is 6. The molecule has 4 aromatic carbocycles.